The average molecular weight is 334 g/mol. The van der Waals surface area contributed by atoms with Crippen LogP contribution in [0.4, 0.5) is 5.82 Å². The lowest BCUT2D eigenvalue weighted by Gasteiger charge is -2.26. The first-order valence-corrected chi connectivity index (χ1v) is 8.67. The normalized spacial score (nSPS) is 14.5. The molecular weight excluding hydrogens is 312 g/mol. The molecule has 25 heavy (non-hydrogen) atoms. The Morgan fingerprint density at radius 3 is 2.48 bits per heavy atom. The van der Waals surface area contributed by atoms with E-state index in [1.165, 1.54) is 5.56 Å². The number of benzene rings is 2. The number of nitrogens with one attached hydrogen (secondary N) is 2. The topological polar surface area (TPSA) is 53.2 Å². The van der Waals surface area contributed by atoms with Gasteiger partial charge in [0.25, 0.3) is 0 Å². The molecule has 2 heterocycles. The van der Waals surface area contributed by atoms with Crippen molar-refractivity contribution in [1.82, 2.24) is 15.5 Å². The number of piperazine rings is 1. The minimum atomic E-state index is 0.581. The van der Waals surface area contributed by atoms with E-state index in [0.717, 1.165) is 49.0 Å². The summed E-state index contributed by atoms with van der Waals surface area (Å²) in [5.74, 6) is 1.88. The summed E-state index contributed by atoms with van der Waals surface area (Å²) in [4.78, 5) is 2.30. The first-order valence-electron chi connectivity index (χ1n) is 8.67. The van der Waals surface area contributed by atoms with Crippen molar-refractivity contribution in [2.45, 2.75) is 6.61 Å². The fraction of sp³-hybridized carbons (Fsp3) is 0.250. The first kappa shape index (κ1) is 15.7. The number of hydrogen-bond acceptors (Lipinski definition) is 4. The highest BCUT2D eigenvalue weighted by molar-refractivity contribution is 5.64. The number of nitrogens with zero attached hydrogens (tertiary/aromatic N) is 2. The van der Waals surface area contributed by atoms with Crippen LogP contribution in [0.25, 0.3) is 11.3 Å². The number of ether oxygens (including phenoxy) is 1. The molecule has 0 saturated carbocycles. The summed E-state index contributed by atoms with van der Waals surface area (Å²) in [6, 6.07) is 20.4. The van der Waals surface area contributed by atoms with Crippen LogP contribution in [0.1, 0.15) is 5.56 Å². The molecule has 5 nitrogen and oxygen atoms in total. The molecule has 1 saturated heterocycles. The van der Waals surface area contributed by atoms with E-state index in [9.17, 15) is 0 Å². The second kappa shape index (κ2) is 7.40. The van der Waals surface area contributed by atoms with Crippen molar-refractivity contribution in [2.24, 2.45) is 0 Å². The Balaban J connectivity index is 1.40. The highest BCUT2D eigenvalue weighted by atomic mass is 16.5. The van der Waals surface area contributed by atoms with Crippen LogP contribution in [0.2, 0.25) is 0 Å². The molecule has 0 amide bonds. The van der Waals surface area contributed by atoms with Crippen LogP contribution in [0.15, 0.2) is 60.7 Å². The molecule has 0 atom stereocenters. The van der Waals surface area contributed by atoms with Crippen LogP contribution in [0.3, 0.4) is 0 Å². The van der Waals surface area contributed by atoms with Gasteiger partial charge < -0.3 is 15.0 Å². The predicted octanol–water partition coefficient (Wildman–Crippen LogP) is 3.07. The summed E-state index contributed by atoms with van der Waals surface area (Å²) in [6.45, 7) is 4.59. The highest BCUT2D eigenvalue weighted by Gasteiger charge is 2.14. The van der Waals surface area contributed by atoms with E-state index >= 15 is 0 Å². The molecule has 1 fully saturated rings. The summed E-state index contributed by atoms with van der Waals surface area (Å²) in [5.41, 5.74) is 3.31. The number of hydrogen-bond donors (Lipinski definition) is 2. The van der Waals surface area contributed by atoms with E-state index in [1.807, 2.05) is 30.3 Å². The Hall–Kier alpha value is -2.79. The van der Waals surface area contributed by atoms with E-state index in [1.54, 1.807) is 0 Å². The summed E-state index contributed by atoms with van der Waals surface area (Å²) >= 11 is 0. The van der Waals surface area contributed by atoms with E-state index in [0.29, 0.717) is 6.61 Å². The number of rotatable bonds is 5. The molecule has 5 heteroatoms. The van der Waals surface area contributed by atoms with Gasteiger partial charge in [-0.2, -0.15) is 5.10 Å². The molecule has 0 spiro atoms. The van der Waals surface area contributed by atoms with Gasteiger partial charge in [0.15, 0.2) is 5.82 Å². The van der Waals surface area contributed by atoms with E-state index < -0.39 is 0 Å². The molecule has 0 bridgehead atoms. The Labute approximate surface area is 147 Å². The van der Waals surface area contributed by atoms with Gasteiger partial charge in [-0.25, -0.2) is 0 Å². The van der Waals surface area contributed by atoms with E-state index in [-0.39, 0.29) is 0 Å². The van der Waals surface area contributed by atoms with Gasteiger partial charge in [-0.05, 0) is 35.4 Å². The minimum Gasteiger partial charge on any atom is -0.489 e. The van der Waals surface area contributed by atoms with Gasteiger partial charge in [-0.3, -0.25) is 5.10 Å². The largest absolute Gasteiger partial charge is 0.489 e. The van der Waals surface area contributed by atoms with Gasteiger partial charge in [0.1, 0.15) is 12.4 Å². The van der Waals surface area contributed by atoms with Gasteiger partial charge in [-0.1, -0.05) is 30.3 Å². The zero-order valence-corrected chi connectivity index (χ0v) is 14.1. The molecule has 3 aromatic rings. The second-order valence-corrected chi connectivity index (χ2v) is 6.18. The quantitative estimate of drug-likeness (QED) is 0.753. The highest BCUT2D eigenvalue weighted by Crippen LogP contribution is 2.24. The Kier molecular flexibility index (Phi) is 4.65. The zero-order valence-electron chi connectivity index (χ0n) is 14.1. The fourth-order valence-corrected chi connectivity index (χ4v) is 2.99. The van der Waals surface area contributed by atoms with Crippen molar-refractivity contribution in [3.8, 4) is 17.0 Å². The van der Waals surface area contributed by atoms with E-state index in [4.69, 9.17) is 4.74 Å². The van der Waals surface area contributed by atoms with Crippen molar-refractivity contribution in [3.05, 3.63) is 66.2 Å². The third-order valence-corrected chi connectivity index (χ3v) is 4.42. The predicted molar refractivity (Wildman–Crippen MR) is 99.9 cm³/mol. The lowest BCUT2D eigenvalue weighted by Crippen LogP contribution is -2.43. The molecule has 128 valence electrons. The Morgan fingerprint density at radius 1 is 0.960 bits per heavy atom. The zero-order chi connectivity index (χ0) is 16.9. The molecule has 1 aliphatic rings. The summed E-state index contributed by atoms with van der Waals surface area (Å²) in [7, 11) is 0. The minimum absolute atomic E-state index is 0.581. The molecule has 0 radical (unpaired) electrons. The molecule has 0 unspecified atom stereocenters. The third-order valence-electron chi connectivity index (χ3n) is 4.42. The molecule has 4 rings (SSSR count). The molecule has 2 aromatic carbocycles. The van der Waals surface area contributed by atoms with Gasteiger partial charge >= 0.3 is 0 Å². The first-order chi connectivity index (χ1) is 12.4. The van der Waals surface area contributed by atoms with Crippen molar-refractivity contribution < 1.29 is 4.74 Å². The lowest BCUT2D eigenvalue weighted by atomic mass is 10.1. The Morgan fingerprint density at radius 2 is 1.72 bits per heavy atom. The van der Waals surface area contributed by atoms with E-state index in [2.05, 4.69) is 50.7 Å². The average Bonchev–Trinajstić information content (AvgIpc) is 3.19. The standard InChI is InChI=1S/C20H22N4O/c1-2-4-16(5-3-1)15-25-18-8-6-17(7-9-18)19-14-20(23-22-19)24-12-10-21-11-13-24/h1-9,14,21H,10-13,15H2,(H,22,23). The monoisotopic (exact) mass is 334 g/mol. The van der Waals surface area contributed by atoms with Gasteiger partial charge in [0.05, 0.1) is 5.69 Å². The van der Waals surface area contributed by atoms with Crippen molar-refractivity contribution in [3.63, 3.8) is 0 Å². The summed E-state index contributed by atoms with van der Waals surface area (Å²) < 4.78 is 5.84. The van der Waals surface area contributed by atoms with Gasteiger partial charge in [0, 0.05) is 32.2 Å². The van der Waals surface area contributed by atoms with Crippen LogP contribution >= 0.6 is 0 Å². The van der Waals surface area contributed by atoms with Gasteiger partial charge in [-0.15, -0.1) is 0 Å². The SMILES string of the molecule is c1ccc(COc2ccc(-c3cc(N4CCNCC4)n[nH]3)cc2)cc1. The maximum absolute atomic E-state index is 5.84. The summed E-state index contributed by atoms with van der Waals surface area (Å²) in [5, 5.41) is 11.0. The molecule has 1 aromatic heterocycles. The van der Waals surface area contributed by atoms with Crippen molar-refractivity contribution in [2.75, 3.05) is 31.1 Å². The third kappa shape index (κ3) is 3.83. The smallest absolute Gasteiger partial charge is 0.151 e. The fourth-order valence-electron chi connectivity index (χ4n) is 2.99. The lowest BCUT2D eigenvalue weighted by molar-refractivity contribution is 0.306. The Bertz CT molecular complexity index is 792. The van der Waals surface area contributed by atoms with Gasteiger partial charge in [0.2, 0.25) is 0 Å². The van der Waals surface area contributed by atoms with Crippen LogP contribution in [-0.4, -0.2) is 36.4 Å². The van der Waals surface area contributed by atoms with Crippen molar-refractivity contribution >= 4 is 5.82 Å². The van der Waals surface area contributed by atoms with Crippen LogP contribution in [-0.2, 0) is 6.61 Å². The number of aromatic amines is 1. The maximum Gasteiger partial charge on any atom is 0.151 e. The van der Waals surface area contributed by atoms with Crippen molar-refractivity contribution in [1.29, 1.82) is 0 Å². The summed E-state index contributed by atoms with van der Waals surface area (Å²) in [6.07, 6.45) is 0. The molecule has 1 aliphatic heterocycles. The number of anilines is 1. The second-order valence-electron chi connectivity index (χ2n) is 6.18. The molecular formula is C20H22N4O. The van der Waals surface area contributed by atoms with Crippen LogP contribution in [0.5, 0.6) is 5.75 Å². The number of H-pyrrole nitrogens is 1. The molecule has 0 aliphatic carbocycles. The van der Waals surface area contributed by atoms with Crippen LogP contribution in [0, 0.1) is 0 Å². The molecule has 2 N–H and O–H groups in total. The number of aromatic nitrogens is 2. The van der Waals surface area contributed by atoms with Crippen LogP contribution < -0.4 is 15.0 Å². The maximum atomic E-state index is 5.84.